The molecule has 0 aromatic rings. The van der Waals surface area contributed by atoms with Crippen LogP contribution in [0.5, 0.6) is 0 Å². The Morgan fingerprint density at radius 1 is 1.30 bits per heavy atom. The highest BCUT2D eigenvalue weighted by Gasteiger charge is 2.47. The second-order valence-electron chi connectivity index (χ2n) is 9.49. The third-order valence-corrected chi connectivity index (χ3v) is 10.8. The fourth-order valence-electron chi connectivity index (χ4n) is 3.83. The van der Waals surface area contributed by atoms with Crippen molar-refractivity contribution in [2.24, 2.45) is 11.8 Å². The Morgan fingerprint density at radius 3 is 2.48 bits per heavy atom. The number of hydrogen-bond acceptors (Lipinski definition) is 5. The van der Waals surface area contributed by atoms with Gasteiger partial charge in [0.1, 0.15) is 0 Å². The number of carbonyl (C=O) groups is 2. The zero-order valence-electron chi connectivity index (χ0n) is 18.1. The second kappa shape index (κ2) is 8.48. The van der Waals surface area contributed by atoms with Crippen LogP contribution < -0.4 is 5.32 Å². The van der Waals surface area contributed by atoms with Gasteiger partial charge in [-0.1, -0.05) is 27.7 Å². The molecule has 1 heterocycles. The van der Waals surface area contributed by atoms with Crippen LogP contribution in [0.2, 0.25) is 18.1 Å². The maximum atomic E-state index is 13.0. The smallest absolute Gasteiger partial charge is 0.306 e. The molecule has 0 aromatic heterocycles. The van der Waals surface area contributed by atoms with Crippen LogP contribution in [0.15, 0.2) is 11.3 Å². The van der Waals surface area contributed by atoms with E-state index in [1.807, 2.05) is 6.92 Å². The predicted molar refractivity (Wildman–Crippen MR) is 110 cm³/mol. The van der Waals surface area contributed by atoms with Gasteiger partial charge in [-0.2, -0.15) is 0 Å². The lowest BCUT2D eigenvalue weighted by molar-refractivity contribution is -0.145. The summed E-state index contributed by atoms with van der Waals surface area (Å²) in [5.41, 5.74) is 1.81. The van der Waals surface area contributed by atoms with Crippen molar-refractivity contribution in [3.8, 4) is 0 Å². The van der Waals surface area contributed by atoms with Crippen molar-refractivity contribution in [2.75, 3.05) is 13.2 Å². The average Bonchev–Trinajstić information content (AvgIpc) is 3.04. The van der Waals surface area contributed by atoms with Crippen molar-refractivity contribution in [3.05, 3.63) is 11.3 Å². The molecular formula is C21H37NO4Si. The molecule has 0 bridgehead atoms. The topological polar surface area (TPSA) is 64.6 Å². The third kappa shape index (κ3) is 5.02. The highest BCUT2D eigenvalue weighted by atomic mass is 28.4. The summed E-state index contributed by atoms with van der Waals surface area (Å²) in [7, 11) is -2.04. The van der Waals surface area contributed by atoms with E-state index in [0.717, 1.165) is 30.7 Å². The lowest BCUT2D eigenvalue weighted by Crippen LogP contribution is -2.51. The number of Topliss-reactive ketones (excluding diaryl/α,β-unsaturated/α-hetero) is 1. The highest BCUT2D eigenvalue weighted by molar-refractivity contribution is 6.74. The molecule has 0 aromatic carbocycles. The van der Waals surface area contributed by atoms with Crippen LogP contribution in [0, 0.1) is 11.8 Å². The Balaban J connectivity index is 2.42. The Morgan fingerprint density at radius 2 is 1.96 bits per heavy atom. The fourth-order valence-corrected chi connectivity index (χ4v) is 5.26. The van der Waals surface area contributed by atoms with Gasteiger partial charge < -0.3 is 14.5 Å². The van der Waals surface area contributed by atoms with E-state index < -0.39 is 8.32 Å². The SMILES string of the molecule is CCOC(=O)C[C@H]1/C(=C2/CCCN2)C(=O)C[C@H](C)[C@@H]1O[Si](C)(C)C(C)(C)C. The molecule has 2 rings (SSSR count). The van der Waals surface area contributed by atoms with Crippen LogP contribution in [0.1, 0.15) is 60.3 Å². The molecule has 1 aliphatic heterocycles. The molecule has 1 saturated heterocycles. The van der Waals surface area contributed by atoms with Gasteiger partial charge in [0.05, 0.1) is 19.1 Å². The summed E-state index contributed by atoms with van der Waals surface area (Å²) in [6.45, 7) is 16.3. The molecule has 1 saturated carbocycles. The maximum Gasteiger partial charge on any atom is 0.306 e. The normalized spacial score (nSPS) is 29.6. The minimum absolute atomic E-state index is 0.0710. The maximum absolute atomic E-state index is 13.0. The first-order valence-corrected chi connectivity index (χ1v) is 13.2. The van der Waals surface area contributed by atoms with Gasteiger partial charge in [-0.15, -0.1) is 0 Å². The van der Waals surface area contributed by atoms with Gasteiger partial charge in [0, 0.05) is 30.2 Å². The van der Waals surface area contributed by atoms with Crippen molar-refractivity contribution in [1.29, 1.82) is 0 Å². The highest BCUT2D eigenvalue weighted by Crippen LogP contribution is 2.44. The zero-order chi connectivity index (χ0) is 20.4. The molecule has 6 heteroatoms. The average molecular weight is 396 g/mol. The van der Waals surface area contributed by atoms with Gasteiger partial charge in [-0.25, -0.2) is 0 Å². The summed E-state index contributed by atoms with van der Waals surface area (Å²) >= 11 is 0. The van der Waals surface area contributed by atoms with Crippen molar-refractivity contribution in [1.82, 2.24) is 5.32 Å². The molecule has 0 radical (unpaired) electrons. The molecule has 0 amide bonds. The molecule has 1 aliphatic carbocycles. The number of ether oxygens (including phenoxy) is 1. The van der Waals surface area contributed by atoms with Crippen LogP contribution in [0.25, 0.3) is 0 Å². The van der Waals surface area contributed by atoms with Gasteiger partial charge in [0.2, 0.25) is 0 Å². The number of carbonyl (C=O) groups excluding carboxylic acids is 2. The van der Waals surface area contributed by atoms with Crippen LogP contribution in [-0.4, -0.2) is 39.3 Å². The molecule has 2 aliphatic rings. The summed E-state index contributed by atoms with van der Waals surface area (Å²) in [6, 6.07) is 0. The zero-order valence-corrected chi connectivity index (χ0v) is 19.1. The van der Waals surface area contributed by atoms with Gasteiger partial charge >= 0.3 is 5.97 Å². The Bertz CT molecular complexity index is 598. The molecule has 0 spiro atoms. The third-order valence-electron chi connectivity index (χ3n) is 6.33. The van der Waals surface area contributed by atoms with Crippen molar-refractivity contribution >= 4 is 20.1 Å². The first kappa shape index (κ1) is 22.1. The fraction of sp³-hybridized carbons (Fsp3) is 0.810. The molecular weight excluding hydrogens is 358 g/mol. The number of hydrogen-bond donors (Lipinski definition) is 1. The van der Waals surface area contributed by atoms with Crippen LogP contribution in [-0.2, 0) is 18.8 Å². The van der Waals surface area contributed by atoms with E-state index in [9.17, 15) is 9.59 Å². The second-order valence-corrected chi connectivity index (χ2v) is 14.2. The van der Waals surface area contributed by atoms with E-state index in [4.69, 9.17) is 9.16 Å². The van der Waals surface area contributed by atoms with E-state index in [1.165, 1.54) is 0 Å². The molecule has 2 fully saturated rings. The molecule has 154 valence electrons. The van der Waals surface area contributed by atoms with E-state index in [1.54, 1.807) is 0 Å². The van der Waals surface area contributed by atoms with E-state index in [2.05, 4.69) is 46.1 Å². The van der Waals surface area contributed by atoms with Crippen LogP contribution in [0.4, 0.5) is 0 Å². The minimum Gasteiger partial charge on any atom is -0.466 e. The number of nitrogens with one attached hydrogen (secondary N) is 1. The summed E-state index contributed by atoms with van der Waals surface area (Å²) in [5.74, 6) is -0.215. The molecule has 1 N–H and O–H groups in total. The Labute approximate surface area is 165 Å². The van der Waals surface area contributed by atoms with Crippen molar-refractivity contribution < 1.29 is 18.8 Å². The lowest BCUT2D eigenvalue weighted by Gasteiger charge is -2.45. The summed E-state index contributed by atoms with van der Waals surface area (Å²) in [4.78, 5) is 25.3. The van der Waals surface area contributed by atoms with E-state index >= 15 is 0 Å². The van der Waals surface area contributed by atoms with Crippen molar-refractivity contribution in [3.63, 3.8) is 0 Å². The van der Waals surface area contributed by atoms with Gasteiger partial charge in [-0.05, 0) is 43.8 Å². The van der Waals surface area contributed by atoms with Gasteiger partial charge in [0.15, 0.2) is 14.1 Å². The summed E-state index contributed by atoms with van der Waals surface area (Å²) in [6.07, 6.45) is 2.48. The quantitative estimate of drug-likeness (QED) is 0.429. The minimum atomic E-state index is -2.04. The van der Waals surface area contributed by atoms with Crippen LogP contribution in [0.3, 0.4) is 0 Å². The number of rotatable bonds is 5. The molecule has 27 heavy (non-hydrogen) atoms. The lowest BCUT2D eigenvalue weighted by atomic mass is 9.73. The van der Waals surface area contributed by atoms with Gasteiger partial charge in [-0.3, -0.25) is 9.59 Å². The number of allylic oxidation sites excluding steroid dienone is 1. The van der Waals surface area contributed by atoms with E-state index in [-0.39, 0.29) is 41.2 Å². The Hall–Kier alpha value is -1.14. The number of ketones is 1. The van der Waals surface area contributed by atoms with E-state index in [0.29, 0.717) is 13.0 Å². The Kier molecular flexibility index (Phi) is 6.95. The standard InChI is InChI=1S/C21H37NO4Si/c1-8-25-18(24)13-15-19(16-10-9-11-22-16)17(23)12-14(2)20(15)26-27(6,7)21(3,4)5/h14-15,20,22H,8-13H2,1-7H3/b19-16+/t14-,15-,20-/m0/s1. The first-order chi connectivity index (χ1) is 12.5. The molecule has 0 unspecified atom stereocenters. The monoisotopic (exact) mass is 395 g/mol. The largest absolute Gasteiger partial charge is 0.466 e. The first-order valence-electron chi connectivity index (χ1n) is 10.3. The molecule has 5 nitrogen and oxygen atoms in total. The summed E-state index contributed by atoms with van der Waals surface area (Å²) in [5, 5.41) is 3.45. The summed E-state index contributed by atoms with van der Waals surface area (Å²) < 4.78 is 12.0. The van der Waals surface area contributed by atoms with Crippen molar-refractivity contribution in [2.45, 2.75) is 84.5 Å². The predicted octanol–water partition coefficient (Wildman–Crippen LogP) is 4.19. The molecule has 3 atom stereocenters. The number of esters is 1. The van der Waals surface area contributed by atoms with Crippen LogP contribution >= 0.6 is 0 Å². The van der Waals surface area contributed by atoms with Gasteiger partial charge in [0.25, 0.3) is 0 Å².